The van der Waals surface area contributed by atoms with Crippen molar-refractivity contribution in [3.05, 3.63) is 24.3 Å². The van der Waals surface area contributed by atoms with Gasteiger partial charge in [0.15, 0.2) is 5.58 Å². The van der Waals surface area contributed by atoms with Gasteiger partial charge in [-0.3, -0.25) is 14.9 Å². The van der Waals surface area contributed by atoms with Crippen molar-refractivity contribution in [1.29, 1.82) is 0 Å². The highest BCUT2D eigenvalue weighted by atomic mass is 16.4. The Bertz CT molecular complexity index is 799. The molecule has 1 saturated carbocycles. The molecule has 7 heteroatoms. The number of fused-ring (bicyclic) bond motifs is 4. The Morgan fingerprint density at radius 3 is 3.00 bits per heavy atom. The number of aromatic nitrogens is 1. The van der Waals surface area contributed by atoms with Crippen molar-refractivity contribution in [1.82, 2.24) is 15.7 Å². The molecular formula is C17H18N4O3. The second-order valence-electron chi connectivity index (χ2n) is 6.81. The van der Waals surface area contributed by atoms with Gasteiger partial charge < -0.3 is 4.42 Å². The predicted octanol–water partition coefficient (Wildman–Crippen LogP) is 1.21. The number of carbonyl (C=O) groups excluding carboxylic acids is 2. The summed E-state index contributed by atoms with van der Waals surface area (Å²) in [6.45, 7) is 0.631. The molecule has 3 fully saturated rings. The first-order chi connectivity index (χ1) is 11.7. The van der Waals surface area contributed by atoms with E-state index in [-0.39, 0.29) is 41.6 Å². The molecule has 2 N–H and O–H groups in total. The van der Waals surface area contributed by atoms with Crippen LogP contribution in [0.25, 0.3) is 11.1 Å². The molecule has 4 unspecified atom stereocenters. The zero-order valence-corrected chi connectivity index (χ0v) is 13.1. The molecule has 5 rings (SSSR count). The molecule has 3 aliphatic rings. The van der Waals surface area contributed by atoms with Crippen LogP contribution in [0.1, 0.15) is 19.3 Å². The number of para-hydroxylation sites is 2. The summed E-state index contributed by atoms with van der Waals surface area (Å²) in [5, 5.41) is 4.72. The van der Waals surface area contributed by atoms with Gasteiger partial charge >= 0.3 is 6.01 Å². The van der Waals surface area contributed by atoms with E-state index in [1.807, 2.05) is 24.3 Å². The molecule has 1 amide bonds. The molecule has 0 radical (unpaired) electrons. The molecule has 124 valence electrons. The fourth-order valence-electron chi connectivity index (χ4n) is 4.37. The highest BCUT2D eigenvalue weighted by Crippen LogP contribution is 2.40. The second-order valence-corrected chi connectivity index (χ2v) is 6.81. The average Bonchev–Trinajstić information content (AvgIpc) is 3.16. The van der Waals surface area contributed by atoms with Crippen molar-refractivity contribution in [2.75, 3.05) is 11.6 Å². The van der Waals surface area contributed by atoms with Gasteiger partial charge in [-0.25, -0.2) is 5.43 Å². The second kappa shape index (κ2) is 5.12. The first-order valence-electron chi connectivity index (χ1n) is 8.44. The van der Waals surface area contributed by atoms with Crippen LogP contribution in [0.2, 0.25) is 0 Å². The van der Waals surface area contributed by atoms with Crippen molar-refractivity contribution in [3.8, 4) is 0 Å². The summed E-state index contributed by atoms with van der Waals surface area (Å²) in [5.74, 6) is 0.0259. The van der Waals surface area contributed by atoms with Gasteiger partial charge in [-0.1, -0.05) is 12.1 Å². The maximum Gasteiger partial charge on any atom is 0.320 e. The van der Waals surface area contributed by atoms with Crippen LogP contribution in [0.15, 0.2) is 28.7 Å². The molecule has 2 aliphatic heterocycles. The third-order valence-electron chi connectivity index (χ3n) is 5.52. The Balaban J connectivity index is 1.48. The molecule has 4 atom stereocenters. The number of rotatable bonds is 1. The number of carbonyl (C=O) groups is 2. The molecule has 2 aromatic rings. The van der Waals surface area contributed by atoms with Gasteiger partial charge in [0, 0.05) is 18.9 Å². The highest BCUT2D eigenvalue weighted by Gasteiger charge is 2.53. The number of nitrogens with zero attached hydrogens (tertiary/aromatic N) is 2. The maximum atomic E-state index is 13.0. The third kappa shape index (κ3) is 1.94. The molecular weight excluding hydrogens is 308 g/mol. The average molecular weight is 326 g/mol. The number of hydrazine groups is 1. The van der Waals surface area contributed by atoms with Crippen LogP contribution in [0.3, 0.4) is 0 Å². The van der Waals surface area contributed by atoms with Gasteiger partial charge in [-0.2, -0.15) is 9.99 Å². The zero-order chi connectivity index (χ0) is 16.3. The SMILES string of the molecule is O=C1CCCC2C1CNC1NN(c3nc4ccccc4o3)C(=O)C12. The largest absolute Gasteiger partial charge is 0.422 e. The zero-order valence-electron chi connectivity index (χ0n) is 13.1. The Hall–Kier alpha value is -2.25. The summed E-state index contributed by atoms with van der Waals surface area (Å²) in [6, 6.07) is 7.69. The fourth-order valence-corrected chi connectivity index (χ4v) is 4.37. The number of amides is 1. The summed E-state index contributed by atoms with van der Waals surface area (Å²) >= 11 is 0. The minimum Gasteiger partial charge on any atom is -0.422 e. The van der Waals surface area contributed by atoms with Crippen LogP contribution in [-0.4, -0.2) is 29.4 Å². The monoisotopic (exact) mass is 326 g/mol. The third-order valence-corrected chi connectivity index (χ3v) is 5.52. The number of Topliss-reactive ketones (excluding diaryl/α,β-unsaturated/α-hetero) is 1. The number of hydrogen-bond acceptors (Lipinski definition) is 6. The molecule has 1 aromatic heterocycles. The van der Waals surface area contributed by atoms with Crippen LogP contribution in [-0.2, 0) is 9.59 Å². The number of oxazole rings is 1. The van der Waals surface area contributed by atoms with Gasteiger partial charge in [0.2, 0.25) is 0 Å². The molecule has 0 spiro atoms. The molecule has 7 nitrogen and oxygen atoms in total. The van der Waals surface area contributed by atoms with E-state index in [1.165, 1.54) is 5.01 Å². The molecule has 3 heterocycles. The lowest BCUT2D eigenvalue weighted by molar-refractivity contribution is -0.132. The van der Waals surface area contributed by atoms with E-state index in [0.29, 0.717) is 18.5 Å². The fraction of sp³-hybridized carbons (Fsp3) is 0.471. The van der Waals surface area contributed by atoms with Crippen LogP contribution < -0.4 is 15.8 Å². The van der Waals surface area contributed by atoms with Gasteiger partial charge in [-0.15, -0.1) is 0 Å². The van der Waals surface area contributed by atoms with Gasteiger partial charge in [0.1, 0.15) is 11.3 Å². The number of anilines is 1. The van der Waals surface area contributed by atoms with E-state index in [2.05, 4.69) is 15.7 Å². The number of benzene rings is 1. The molecule has 1 aliphatic carbocycles. The van der Waals surface area contributed by atoms with Crippen LogP contribution in [0.4, 0.5) is 6.01 Å². The Labute approximate surface area is 138 Å². The minimum absolute atomic E-state index is 0.0469. The van der Waals surface area contributed by atoms with E-state index in [9.17, 15) is 9.59 Å². The standard InChI is InChI=1S/C17H18N4O3/c22-12-6-3-4-9-10(12)8-18-15-14(9)16(23)21(20-15)17-19-11-5-1-2-7-13(11)24-17/h1-2,5,7,9-10,14-15,18,20H,3-4,6,8H2. The topological polar surface area (TPSA) is 87.5 Å². The van der Waals surface area contributed by atoms with E-state index >= 15 is 0 Å². The number of piperidine rings is 1. The van der Waals surface area contributed by atoms with Crippen molar-refractivity contribution in [3.63, 3.8) is 0 Å². The number of nitrogens with one attached hydrogen (secondary N) is 2. The lowest BCUT2D eigenvalue weighted by atomic mass is 9.68. The first-order valence-corrected chi connectivity index (χ1v) is 8.44. The van der Waals surface area contributed by atoms with E-state index in [1.54, 1.807) is 0 Å². The first kappa shape index (κ1) is 14.1. The normalized spacial score (nSPS) is 32.9. The highest BCUT2D eigenvalue weighted by molar-refractivity contribution is 5.97. The van der Waals surface area contributed by atoms with Crippen molar-refractivity contribution in [2.24, 2.45) is 17.8 Å². The van der Waals surface area contributed by atoms with Crippen LogP contribution in [0.5, 0.6) is 0 Å². The van der Waals surface area contributed by atoms with Crippen molar-refractivity contribution >= 4 is 28.8 Å². The summed E-state index contributed by atoms with van der Waals surface area (Å²) in [5.41, 5.74) is 4.54. The smallest absolute Gasteiger partial charge is 0.320 e. The van der Waals surface area contributed by atoms with Crippen molar-refractivity contribution in [2.45, 2.75) is 25.4 Å². The van der Waals surface area contributed by atoms with Crippen molar-refractivity contribution < 1.29 is 14.0 Å². The summed E-state index contributed by atoms with van der Waals surface area (Å²) in [4.78, 5) is 29.6. The van der Waals surface area contributed by atoms with Gasteiger partial charge in [0.25, 0.3) is 5.91 Å². The van der Waals surface area contributed by atoms with E-state index in [0.717, 1.165) is 18.4 Å². The van der Waals surface area contributed by atoms with E-state index in [4.69, 9.17) is 4.42 Å². The molecule has 1 aromatic carbocycles. The lowest BCUT2D eigenvalue weighted by Crippen LogP contribution is -2.57. The minimum atomic E-state index is -0.247. The van der Waals surface area contributed by atoms with E-state index < -0.39 is 0 Å². The quantitative estimate of drug-likeness (QED) is 0.819. The van der Waals surface area contributed by atoms with Crippen LogP contribution in [0, 0.1) is 17.8 Å². The Kier molecular flexibility index (Phi) is 3.01. The molecule has 2 saturated heterocycles. The van der Waals surface area contributed by atoms with Crippen LogP contribution >= 0.6 is 0 Å². The summed E-state index contributed by atoms with van der Waals surface area (Å²) in [7, 11) is 0. The summed E-state index contributed by atoms with van der Waals surface area (Å²) < 4.78 is 5.72. The molecule has 0 bridgehead atoms. The lowest BCUT2D eigenvalue weighted by Gasteiger charge is -2.40. The maximum absolute atomic E-state index is 13.0. The Morgan fingerprint density at radius 2 is 2.12 bits per heavy atom. The Morgan fingerprint density at radius 1 is 1.25 bits per heavy atom. The number of hydrogen-bond donors (Lipinski definition) is 2. The molecule has 24 heavy (non-hydrogen) atoms. The predicted molar refractivity (Wildman–Crippen MR) is 85.7 cm³/mol. The number of ketones is 1. The van der Waals surface area contributed by atoms with Gasteiger partial charge in [0.05, 0.1) is 12.1 Å². The van der Waals surface area contributed by atoms with Gasteiger partial charge in [-0.05, 0) is 30.9 Å². The summed E-state index contributed by atoms with van der Waals surface area (Å²) in [6.07, 6.45) is 2.27.